The Morgan fingerprint density at radius 1 is 1.26 bits per heavy atom. The Bertz CT molecular complexity index is 1090. The number of aliphatic hydroxyl groups excluding tert-OH is 1. The minimum absolute atomic E-state index is 0.0756. The first-order chi connectivity index (χ1) is 14.6. The molecule has 0 aliphatic heterocycles. The van der Waals surface area contributed by atoms with Crippen LogP contribution < -0.4 is 15.8 Å². The van der Waals surface area contributed by atoms with Crippen molar-refractivity contribution in [2.24, 2.45) is 5.73 Å². The number of carbonyl (C=O) groups excluding carboxylic acids is 2. The lowest BCUT2D eigenvalue weighted by molar-refractivity contribution is -0.118. The van der Waals surface area contributed by atoms with Crippen molar-refractivity contribution in [1.82, 2.24) is 10.3 Å². The van der Waals surface area contributed by atoms with Gasteiger partial charge in [-0.15, -0.1) is 0 Å². The lowest BCUT2D eigenvalue weighted by Gasteiger charge is -2.19. The monoisotopic (exact) mass is 429 g/mol. The number of nitrogens with two attached hydrogens (primary N) is 1. The predicted octanol–water partition coefficient (Wildman–Crippen LogP) is 3.18. The third kappa shape index (κ3) is 5.85. The summed E-state index contributed by atoms with van der Waals surface area (Å²) in [6.45, 7) is 5.87. The number of nitrogens with one attached hydrogen (secondary N) is 1. The molecule has 166 valence electrons. The van der Waals surface area contributed by atoms with Crippen molar-refractivity contribution in [2.45, 2.75) is 45.3 Å². The van der Waals surface area contributed by atoms with Gasteiger partial charge in [0.15, 0.2) is 0 Å². The SMILES string of the molecule is CC(C)(C)OC(=O)NCCOc1ccc2c(ccc3occ(C(O)CCC(N)=O)c32)n1. The van der Waals surface area contributed by atoms with E-state index in [0.29, 0.717) is 22.5 Å². The molecule has 31 heavy (non-hydrogen) atoms. The van der Waals surface area contributed by atoms with Crippen molar-refractivity contribution in [3.05, 3.63) is 36.1 Å². The summed E-state index contributed by atoms with van der Waals surface area (Å²) < 4.78 is 16.4. The molecular formula is C22H27N3O6. The molecule has 0 fully saturated rings. The molecule has 2 heterocycles. The van der Waals surface area contributed by atoms with Gasteiger partial charge in [-0.2, -0.15) is 0 Å². The van der Waals surface area contributed by atoms with Crippen LogP contribution in [0.2, 0.25) is 0 Å². The summed E-state index contributed by atoms with van der Waals surface area (Å²) in [5.41, 5.74) is 6.47. The van der Waals surface area contributed by atoms with Gasteiger partial charge in [-0.25, -0.2) is 9.78 Å². The van der Waals surface area contributed by atoms with Gasteiger partial charge in [-0.3, -0.25) is 4.79 Å². The van der Waals surface area contributed by atoms with Crippen LogP contribution in [0.1, 0.15) is 45.3 Å². The number of carbonyl (C=O) groups is 2. The normalized spacial score (nSPS) is 12.6. The zero-order chi connectivity index (χ0) is 22.6. The highest BCUT2D eigenvalue weighted by Crippen LogP contribution is 2.34. The number of hydrogen-bond acceptors (Lipinski definition) is 7. The number of ether oxygens (including phenoxy) is 2. The minimum atomic E-state index is -0.880. The van der Waals surface area contributed by atoms with Crippen LogP contribution in [0.5, 0.6) is 5.88 Å². The van der Waals surface area contributed by atoms with Gasteiger partial charge < -0.3 is 30.0 Å². The zero-order valence-electron chi connectivity index (χ0n) is 17.8. The van der Waals surface area contributed by atoms with Crippen molar-refractivity contribution in [3.63, 3.8) is 0 Å². The first-order valence-corrected chi connectivity index (χ1v) is 10.0. The van der Waals surface area contributed by atoms with E-state index in [9.17, 15) is 14.7 Å². The molecule has 3 aromatic rings. The lowest BCUT2D eigenvalue weighted by Crippen LogP contribution is -2.34. The third-order valence-corrected chi connectivity index (χ3v) is 4.45. The molecule has 0 aliphatic rings. The molecule has 4 N–H and O–H groups in total. The number of alkyl carbamates (subject to hydrolysis) is 1. The van der Waals surface area contributed by atoms with Crippen LogP contribution in [0.15, 0.2) is 34.9 Å². The fraction of sp³-hybridized carbons (Fsp3) is 0.409. The molecule has 0 spiro atoms. The standard InChI is InChI=1S/C22H27N3O6/c1-22(2,3)31-21(28)24-10-11-29-19-9-4-13-15(25-19)5-7-17-20(13)14(12-30-17)16(26)6-8-18(23)27/h4-5,7,9,12,16,26H,6,8,10-11H2,1-3H3,(H2,23,27)(H,24,28). The molecule has 2 aromatic heterocycles. The topological polar surface area (TPSA) is 137 Å². The van der Waals surface area contributed by atoms with Gasteiger partial charge in [0.05, 0.1) is 24.4 Å². The van der Waals surface area contributed by atoms with Crippen molar-refractivity contribution in [2.75, 3.05) is 13.2 Å². The number of fused-ring (bicyclic) bond motifs is 3. The fourth-order valence-corrected chi connectivity index (χ4v) is 3.13. The zero-order valence-corrected chi connectivity index (χ0v) is 17.8. The molecule has 9 heteroatoms. The lowest BCUT2D eigenvalue weighted by atomic mass is 10.0. The highest BCUT2D eigenvalue weighted by atomic mass is 16.6. The van der Waals surface area contributed by atoms with E-state index in [-0.39, 0.29) is 26.0 Å². The van der Waals surface area contributed by atoms with Crippen LogP contribution in [0, 0.1) is 0 Å². The molecule has 1 aromatic carbocycles. The molecule has 0 radical (unpaired) electrons. The molecule has 0 bridgehead atoms. The van der Waals surface area contributed by atoms with Gasteiger partial charge in [0.25, 0.3) is 0 Å². The molecule has 0 aliphatic carbocycles. The van der Waals surface area contributed by atoms with Crippen LogP contribution in [-0.2, 0) is 9.53 Å². The Hall–Kier alpha value is -3.33. The van der Waals surface area contributed by atoms with Gasteiger partial charge in [0, 0.05) is 28.8 Å². The van der Waals surface area contributed by atoms with Crippen LogP contribution in [0.4, 0.5) is 4.79 Å². The summed E-state index contributed by atoms with van der Waals surface area (Å²) in [4.78, 5) is 27.2. The van der Waals surface area contributed by atoms with E-state index in [4.69, 9.17) is 19.6 Å². The average Bonchev–Trinajstić information content (AvgIpc) is 3.12. The highest BCUT2D eigenvalue weighted by Gasteiger charge is 2.18. The van der Waals surface area contributed by atoms with Crippen molar-refractivity contribution < 1.29 is 28.6 Å². The first-order valence-electron chi connectivity index (χ1n) is 10.0. The van der Waals surface area contributed by atoms with Crippen molar-refractivity contribution in [3.8, 4) is 5.88 Å². The number of primary amides is 1. The number of pyridine rings is 1. The maximum atomic E-state index is 11.7. The van der Waals surface area contributed by atoms with Gasteiger partial charge in [-0.1, -0.05) is 0 Å². The maximum absolute atomic E-state index is 11.7. The Morgan fingerprint density at radius 2 is 2.03 bits per heavy atom. The van der Waals surface area contributed by atoms with E-state index in [2.05, 4.69) is 10.3 Å². The predicted molar refractivity (Wildman–Crippen MR) is 115 cm³/mol. The largest absolute Gasteiger partial charge is 0.476 e. The number of amides is 2. The summed E-state index contributed by atoms with van der Waals surface area (Å²) >= 11 is 0. The van der Waals surface area contributed by atoms with Gasteiger partial charge >= 0.3 is 6.09 Å². The van der Waals surface area contributed by atoms with E-state index >= 15 is 0 Å². The number of aromatic nitrogens is 1. The second kappa shape index (κ2) is 9.22. The van der Waals surface area contributed by atoms with E-state index in [1.54, 1.807) is 39.0 Å². The smallest absolute Gasteiger partial charge is 0.407 e. The van der Waals surface area contributed by atoms with E-state index in [1.807, 2.05) is 6.07 Å². The molecule has 1 atom stereocenters. The van der Waals surface area contributed by atoms with Gasteiger partial charge in [0.2, 0.25) is 11.8 Å². The number of hydrogen-bond donors (Lipinski definition) is 3. The van der Waals surface area contributed by atoms with Crippen molar-refractivity contribution in [1.29, 1.82) is 0 Å². The van der Waals surface area contributed by atoms with Crippen molar-refractivity contribution >= 4 is 33.9 Å². The molecular weight excluding hydrogens is 402 g/mol. The number of benzene rings is 1. The summed E-state index contributed by atoms with van der Waals surface area (Å²) in [5, 5.41) is 14.6. The van der Waals surface area contributed by atoms with E-state index in [1.165, 1.54) is 6.26 Å². The fourth-order valence-electron chi connectivity index (χ4n) is 3.13. The Balaban J connectivity index is 1.70. The first kappa shape index (κ1) is 22.4. The Labute approximate surface area is 179 Å². The molecule has 0 saturated carbocycles. The Morgan fingerprint density at radius 3 is 2.74 bits per heavy atom. The summed E-state index contributed by atoms with van der Waals surface area (Å²) in [6.07, 6.45) is 0.385. The number of furan rings is 1. The van der Waals surface area contributed by atoms with Crippen LogP contribution in [-0.4, -0.2) is 40.8 Å². The third-order valence-electron chi connectivity index (χ3n) is 4.45. The second-order valence-corrected chi connectivity index (χ2v) is 8.14. The summed E-state index contributed by atoms with van der Waals surface area (Å²) in [5.74, 6) is -0.0708. The molecule has 9 nitrogen and oxygen atoms in total. The van der Waals surface area contributed by atoms with Gasteiger partial charge in [-0.05, 0) is 45.4 Å². The summed E-state index contributed by atoms with van der Waals surface area (Å²) in [7, 11) is 0. The number of rotatable bonds is 8. The highest BCUT2D eigenvalue weighted by molar-refractivity contribution is 6.06. The average molecular weight is 429 g/mol. The number of aliphatic hydroxyl groups is 1. The molecule has 3 rings (SSSR count). The van der Waals surface area contributed by atoms with Crippen LogP contribution >= 0.6 is 0 Å². The van der Waals surface area contributed by atoms with Gasteiger partial charge in [0.1, 0.15) is 17.8 Å². The molecule has 1 unspecified atom stereocenters. The minimum Gasteiger partial charge on any atom is -0.476 e. The quantitative estimate of drug-likeness (QED) is 0.468. The van der Waals surface area contributed by atoms with E-state index < -0.39 is 23.7 Å². The number of nitrogens with zero attached hydrogens (tertiary/aromatic N) is 1. The Kier molecular flexibility index (Phi) is 6.65. The van der Waals surface area contributed by atoms with Crippen LogP contribution in [0.25, 0.3) is 21.9 Å². The van der Waals surface area contributed by atoms with Crippen LogP contribution in [0.3, 0.4) is 0 Å². The maximum Gasteiger partial charge on any atom is 0.407 e. The molecule has 2 amide bonds. The summed E-state index contributed by atoms with van der Waals surface area (Å²) in [6, 6.07) is 7.11. The second-order valence-electron chi connectivity index (χ2n) is 8.14. The molecule has 0 saturated heterocycles. The van der Waals surface area contributed by atoms with E-state index in [0.717, 1.165) is 10.8 Å².